The van der Waals surface area contributed by atoms with E-state index >= 15 is 0 Å². The van der Waals surface area contributed by atoms with Crippen LogP contribution < -0.4 is 10.4 Å². The Kier molecular flexibility index (Phi) is 6.69. The molecular weight excluding hydrogens is 412 g/mol. The number of pyridine rings is 1. The minimum absolute atomic E-state index is 0.0475. The van der Waals surface area contributed by atoms with E-state index in [9.17, 15) is 28.3 Å². The number of hydrogen-bond acceptors (Lipinski definition) is 6. The van der Waals surface area contributed by atoms with E-state index in [0.29, 0.717) is 6.54 Å². The third-order valence-corrected chi connectivity index (χ3v) is 5.16. The number of fused-ring (bicyclic) bond motifs is 1. The lowest BCUT2D eigenvalue weighted by molar-refractivity contribution is 0.0623. The highest BCUT2D eigenvalue weighted by Crippen LogP contribution is 2.22. The van der Waals surface area contributed by atoms with Gasteiger partial charge in [-0.3, -0.25) is 24.1 Å². The molecule has 0 unspecified atom stereocenters. The van der Waals surface area contributed by atoms with E-state index in [1.54, 1.807) is 5.01 Å². The fraction of sp³-hybridized carbons (Fsp3) is 0.381. The third-order valence-electron chi connectivity index (χ3n) is 5.16. The van der Waals surface area contributed by atoms with Crippen molar-refractivity contribution in [2.24, 2.45) is 0 Å². The van der Waals surface area contributed by atoms with Crippen molar-refractivity contribution in [1.29, 1.82) is 0 Å². The number of Topliss-reactive ketones (excluding diaryl/α,β-unsaturated/α-hetero) is 1. The summed E-state index contributed by atoms with van der Waals surface area (Å²) in [5, 5.41) is 12.1. The molecule has 0 aliphatic carbocycles. The second-order valence-electron chi connectivity index (χ2n) is 7.10. The van der Waals surface area contributed by atoms with Crippen LogP contribution in [-0.2, 0) is 11.2 Å². The van der Waals surface area contributed by atoms with Crippen LogP contribution in [0.3, 0.4) is 0 Å². The second-order valence-corrected chi connectivity index (χ2v) is 7.10. The number of amides is 1. The van der Waals surface area contributed by atoms with Gasteiger partial charge in [-0.2, -0.15) is 0 Å². The number of ether oxygens (including phenoxy) is 1. The van der Waals surface area contributed by atoms with Gasteiger partial charge in [0.1, 0.15) is 18.3 Å². The molecule has 3 rings (SSSR count). The number of halogens is 2. The van der Waals surface area contributed by atoms with Crippen LogP contribution in [0.1, 0.15) is 39.8 Å². The van der Waals surface area contributed by atoms with Crippen LogP contribution in [-0.4, -0.2) is 59.8 Å². The number of aryl methyl sites for hydroxylation is 1. The SMILES string of the molecule is CCN1CN(CCOC)C(=O)c2c(O)c(=O)c(C(=O)CCc3ccc(F)cc3F)cn21. The van der Waals surface area contributed by atoms with Gasteiger partial charge in [0.2, 0.25) is 5.43 Å². The Bertz CT molecular complexity index is 1070. The molecule has 1 aromatic heterocycles. The highest BCUT2D eigenvalue weighted by Gasteiger charge is 2.33. The van der Waals surface area contributed by atoms with Crippen LogP contribution in [0.5, 0.6) is 5.75 Å². The normalized spacial score (nSPS) is 13.5. The fourth-order valence-electron chi connectivity index (χ4n) is 3.42. The van der Waals surface area contributed by atoms with Crippen molar-refractivity contribution >= 4 is 11.7 Å². The molecule has 0 radical (unpaired) electrons. The Balaban J connectivity index is 1.91. The van der Waals surface area contributed by atoms with Gasteiger partial charge in [-0.25, -0.2) is 8.78 Å². The molecule has 0 bridgehead atoms. The zero-order chi connectivity index (χ0) is 22.7. The number of aromatic nitrogens is 1. The van der Waals surface area contributed by atoms with Gasteiger partial charge in [-0.15, -0.1) is 0 Å². The lowest BCUT2D eigenvalue weighted by atomic mass is 10.0. The number of carbonyl (C=O) groups excluding carboxylic acids is 2. The summed E-state index contributed by atoms with van der Waals surface area (Å²) < 4.78 is 33.2. The van der Waals surface area contributed by atoms with Gasteiger partial charge >= 0.3 is 0 Å². The van der Waals surface area contributed by atoms with Crippen LogP contribution in [0, 0.1) is 11.6 Å². The quantitative estimate of drug-likeness (QED) is 0.635. The molecule has 0 saturated heterocycles. The van der Waals surface area contributed by atoms with Crippen molar-refractivity contribution in [2.75, 3.05) is 38.5 Å². The molecule has 1 aliphatic heterocycles. The molecule has 1 amide bonds. The number of rotatable bonds is 8. The standard InChI is InChI=1S/C21H23F2N3O5/c1-3-25-12-24(8-9-31-2)21(30)18-20(29)19(28)15(11-26(18)25)17(27)7-5-13-4-6-14(22)10-16(13)23/h4,6,10-11,29H,3,5,7-9,12H2,1-2H3. The molecule has 10 heteroatoms. The zero-order valence-corrected chi connectivity index (χ0v) is 17.2. The molecule has 2 heterocycles. The summed E-state index contributed by atoms with van der Waals surface area (Å²) >= 11 is 0. The molecule has 166 valence electrons. The predicted molar refractivity (Wildman–Crippen MR) is 108 cm³/mol. The van der Waals surface area contributed by atoms with Crippen LogP contribution >= 0.6 is 0 Å². The van der Waals surface area contributed by atoms with Crippen LogP contribution in [0.25, 0.3) is 0 Å². The number of methoxy groups -OCH3 is 1. The third kappa shape index (κ3) is 4.43. The number of aromatic hydroxyl groups is 1. The molecule has 0 saturated carbocycles. The van der Waals surface area contributed by atoms with Gasteiger partial charge in [0.15, 0.2) is 17.2 Å². The van der Waals surface area contributed by atoms with Crippen molar-refractivity contribution in [3.05, 3.63) is 63.1 Å². The van der Waals surface area contributed by atoms with Gasteiger partial charge in [-0.1, -0.05) is 6.07 Å². The van der Waals surface area contributed by atoms with Gasteiger partial charge in [0, 0.05) is 38.9 Å². The van der Waals surface area contributed by atoms with Crippen molar-refractivity contribution in [2.45, 2.75) is 19.8 Å². The summed E-state index contributed by atoms with van der Waals surface area (Å²) in [6.45, 7) is 2.99. The number of hydrogen-bond donors (Lipinski definition) is 1. The van der Waals surface area contributed by atoms with Crippen LogP contribution in [0.15, 0.2) is 29.2 Å². The van der Waals surface area contributed by atoms with E-state index in [1.165, 1.54) is 28.9 Å². The molecule has 2 aromatic rings. The fourth-order valence-corrected chi connectivity index (χ4v) is 3.42. The average Bonchev–Trinajstić information content (AvgIpc) is 2.74. The molecular formula is C21H23F2N3O5. The smallest absolute Gasteiger partial charge is 0.277 e. The molecule has 1 aliphatic rings. The molecule has 1 N–H and O–H groups in total. The van der Waals surface area contributed by atoms with E-state index in [0.717, 1.165) is 12.1 Å². The average molecular weight is 435 g/mol. The summed E-state index contributed by atoms with van der Waals surface area (Å²) in [4.78, 5) is 39.5. The van der Waals surface area contributed by atoms with Crippen LogP contribution in [0.2, 0.25) is 0 Å². The monoisotopic (exact) mass is 435 g/mol. The zero-order valence-electron chi connectivity index (χ0n) is 17.2. The molecule has 0 atom stereocenters. The van der Waals surface area contributed by atoms with Crippen LogP contribution in [0.4, 0.5) is 8.78 Å². The predicted octanol–water partition coefficient (Wildman–Crippen LogP) is 1.67. The van der Waals surface area contributed by atoms with Gasteiger partial charge in [0.25, 0.3) is 5.91 Å². The first-order chi connectivity index (χ1) is 14.8. The van der Waals surface area contributed by atoms with Crippen molar-refractivity contribution in [3.63, 3.8) is 0 Å². The largest absolute Gasteiger partial charge is 0.502 e. The highest BCUT2D eigenvalue weighted by atomic mass is 19.1. The van der Waals surface area contributed by atoms with Gasteiger partial charge in [-0.05, 0) is 25.0 Å². The van der Waals surface area contributed by atoms with E-state index in [-0.39, 0.29) is 49.5 Å². The molecule has 8 nitrogen and oxygen atoms in total. The first kappa shape index (κ1) is 22.4. The maximum Gasteiger partial charge on any atom is 0.277 e. The summed E-state index contributed by atoms with van der Waals surface area (Å²) in [5.41, 5.74) is -1.36. The minimum Gasteiger partial charge on any atom is -0.502 e. The maximum absolute atomic E-state index is 13.8. The number of ketones is 1. The lowest BCUT2D eigenvalue weighted by Gasteiger charge is -2.39. The van der Waals surface area contributed by atoms with E-state index in [1.807, 2.05) is 6.92 Å². The van der Waals surface area contributed by atoms with Crippen molar-refractivity contribution < 1.29 is 28.2 Å². The lowest BCUT2D eigenvalue weighted by Crippen LogP contribution is -2.55. The molecule has 31 heavy (non-hydrogen) atoms. The minimum atomic E-state index is -0.964. The summed E-state index contributed by atoms with van der Waals surface area (Å²) in [5.74, 6) is -3.50. The first-order valence-corrected chi connectivity index (χ1v) is 9.77. The summed E-state index contributed by atoms with van der Waals surface area (Å²) in [6, 6.07) is 3.04. The Hall–Kier alpha value is -3.27. The Morgan fingerprint density at radius 2 is 2.00 bits per heavy atom. The van der Waals surface area contributed by atoms with Crippen molar-refractivity contribution in [3.8, 4) is 5.75 Å². The van der Waals surface area contributed by atoms with E-state index in [4.69, 9.17) is 4.74 Å². The Morgan fingerprint density at radius 3 is 2.65 bits per heavy atom. The van der Waals surface area contributed by atoms with Crippen molar-refractivity contribution in [1.82, 2.24) is 9.58 Å². The Labute approximate surface area is 177 Å². The first-order valence-electron chi connectivity index (χ1n) is 9.77. The number of nitrogens with zero attached hydrogens (tertiary/aromatic N) is 3. The maximum atomic E-state index is 13.8. The van der Waals surface area contributed by atoms with Gasteiger partial charge < -0.3 is 14.7 Å². The molecule has 0 spiro atoms. The number of carbonyl (C=O) groups is 2. The summed E-state index contributed by atoms with van der Waals surface area (Å²) in [7, 11) is 1.50. The van der Waals surface area contributed by atoms with Gasteiger partial charge in [0.05, 0.1) is 12.2 Å². The molecule has 0 fully saturated rings. The molecule has 1 aromatic carbocycles. The summed E-state index contributed by atoms with van der Waals surface area (Å²) in [6.07, 6.45) is 0.959. The van der Waals surface area contributed by atoms with E-state index < -0.39 is 34.5 Å². The Morgan fingerprint density at radius 1 is 1.26 bits per heavy atom. The highest BCUT2D eigenvalue weighted by molar-refractivity contribution is 6.00. The topological polar surface area (TPSA) is 92.1 Å². The van der Waals surface area contributed by atoms with E-state index in [2.05, 4.69) is 0 Å². The number of benzene rings is 1. The second kappa shape index (κ2) is 9.25.